The molecule has 1 amide bonds. The first kappa shape index (κ1) is 18.1. The molecule has 4 rings (SSSR count). The fourth-order valence-electron chi connectivity index (χ4n) is 3.28. The molecule has 28 heavy (non-hydrogen) atoms. The number of aromatic nitrogens is 4. The predicted molar refractivity (Wildman–Crippen MR) is 94.0 cm³/mol. The zero-order chi connectivity index (χ0) is 19.5. The number of hydrogen-bond acceptors (Lipinski definition) is 6. The normalized spacial score (nSPS) is 15.0. The van der Waals surface area contributed by atoms with Crippen LogP contribution in [0.2, 0.25) is 0 Å². The van der Waals surface area contributed by atoms with E-state index in [9.17, 15) is 13.6 Å². The van der Waals surface area contributed by atoms with Gasteiger partial charge in [0.05, 0.1) is 11.8 Å². The summed E-state index contributed by atoms with van der Waals surface area (Å²) in [5, 5.41) is 3.93. The number of halogens is 2. The molecular formula is C19H17F2N5O2. The highest BCUT2D eigenvalue weighted by Crippen LogP contribution is 2.24. The third kappa shape index (κ3) is 3.88. The lowest BCUT2D eigenvalue weighted by Crippen LogP contribution is -2.39. The third-order valence-electron chi connectivity index (χ3n) is 4.79. The van der Waals surface area contributed by atoms with E-state index in [0.29, 0.717) is 36.9 Å². The molecule has 0 aliphatic carbocycles. The fraction of sp³-hybridized carbons (Fsp3) is 0.316. The Bertz CT molecular complexity index is 971. The van der Waals surface area contributed by atoms with Gasteiger partial charge in [0.25, 0.3) is 5.91 Å². The summed E-state index contributed by atoms with van der Waals surface area (Å²) in [6.07, 6.45) is 6.75. The number of likely N-dealkylation sites (tertiary alicyclic amines) is 1. The van der Waals surface area contributed by atoms with Crippen molar-refractivity contribution in [2.24, 2.45) is 5.92 Å². The van der Waals surface area contributed by atoms with Crippen molar-refractivity contribution in [3.05, 3.63) is 59.9 Å². The molecule has 1 saturated heterocycles. The zero-order valence-electron chi connectivity index (χ0n) is 14.9. The number of nitrogens with zero attached hydrogens (tertiary/aromatic N) is 5. The highest BCUT2D eigenvalue weighted by Gasteiger charge is 2.26. The van der Waals surface area contributed by atoms with Gasteiger partial charge >= 0.3 is 0 Å². The molecule has 0 N–H and O–H groups in total. The lowest BCUT2D eigenvalue weighted by Gasteiger charge is -2.31. The maximum atomic E-state index is 13.8. The average Bonchev–Trinajstić information content (AvgIpc) is 3.17. The van der Waals surface area contributed by atoms with Crippen LogP contribution < -0.4 is 0 Å². The second kappa shape index (κ2) is 7.79. The molecule has 7 nitrogen and oxygen atoms in total. The largest absolute Gasteiger partial charge is 0.339 e. The van der Waals surface area contributed by atoms with E-state index in [1.54, 1.807) is 23.5 Å². The first-order chi connectivity index (χ1) is 13.6. The molecule has 0 unspecified atom stereocenters. The third-order valence-corrected chi connectivity index (χ3v) is 4.79. The molecule has 144 valence electrons. The molecule has 1 aromatic carbocycles. The van der Waals surface area contributed by atoms with Crippen LogP contribution in [0.4, 0.5) is 8.78 Å². The summed E-state index contributed by atoms with van der Waals surface area (Å²) in [4.78, 5) is 26.5. The van der Waals surface area contributed by atoms with Crippen molar-refractivity contribution in [2.45, 2.75) is 19.3 Å². The van der Waals surface area contributed by atoms with E-state index in [1.165, 1.54) is 6.07 Å². The molecular weight excluding hydrogens is 368 g/mol. The van der Waals surface area contributed by atoms with E-state index >= 15 is 0 Å². The number of carbonyl (C=O) groups is 1. The first-order valence-corrected chi connectivity index (χ1v) is 8.93. The van der Waals surface area contributed by atoms with Crippen molar-refractivity contribution < 1.29 is 18.1 Å². The number of carbonyl (C=O) groups excluding carboxylic acids is 1. The minimum atomic E-state index is -0.838. The number of benzene rings is 1. The Balaban J connectivity index is 1.34. The minimum absolute atomic E-state index is 0.106. The lowest BCUT2D eigenvalue weighted by molar-refractivity contribution is 0.0682. The van der Waals surface area contributed by atoms with Crippen molar-refractivity contribution in [2.75, 3.05) is 13.1 Å². The van der Waals surface area contributed by atoms with E-state index in [4.69, 9.17) is 4.52 Å². The predicted octanol–water partition coefficient (Wildman–Crippen LogP) is 2.90. The van der Waals surface area contributed by atoms with E-state index in [2.05, 4.69) is 20.1 Å². The highest BCUT2D eigenvalue weighted by atomic mass is 19.1. The number of amides is 1. The van der Waals surface area contributed by atoms with Crippen LogP contribution in [0.5, 0.6) is 0 Å². The summed E-state index contributed by atoms with van der Waals surface area (Å²) < 4.78 is 32.2. The molecule has 1 aliphatic rings. The van der Waals surface area contributed by atoms with Gasteiger partial charge in [0.1, 0.15) is 17.3 Å². The van der Waals surface area contributed by atoms with Gasteiger partial charge in [-0.1, -0.05) is 5.16 Å². The summed E-state index contributed by atoms with van der Waals surface area (Å²) in [6, 6.07) is 3.00. The Morgan fingerprint density at radius 2 is 2.04 bits per heavy atom. The zero-order valence-corrected chi connectivity index (χ0v) is 14.9. The van der Waals surface area contributed by atoms with Crippen LogP contribution in [0, 0.1) is 17.6 Å². The van der Waals surface area contributed by atoms with Gasteiger partial charge in [0.2, 0.25) is 11.7 Å². The van der Waals surface area contributed by atoms with Crippen molar-refractivity contribution >= 4 is 5.91 Å². The molecule has 3 heterocycles. The van der Waals surface area contributed by atoms with Crippen LogP contribution in [0.1, 0.15) is 29.1 Å². The average molecular weight is 385 g/mol. The van der Waals surface area contributed by atoms with Crippen LogP contribution in [0.25, 0.3) is 11.5 Å². The van der Waals surface area contributed by atoms with Crippen LogP contribution in [-0.4, -0.2) is 44.0 Å². The van der Waals surface area contributed by atoms with Crippen LogP contribution in [0.3, 0.4) is 0 Å². The van der Waals surface area contributed by atoms with E-state index in [-0.39, 0.29) is 11.5 Å². The Morgan fingerprint density at radius 1 is 1.21 bits per heavy atom. The van der Waals surface area contributed by atoms with Gasteiger partial charge in [0.15, 0.2) is 0 Å². The summed E-state index contributed by atoms with van der Waals surface area (Å²) in [6.45, 7) is 0.983. The van der Waals surface area contributed by atoms with Gasteiger partial charge in [-0.25, -0.2) is 13.8 Å². The Labute approximate surface area is 159 Å². The van der Waals surface area contributed by atoms with Gasteiger partial charge in [0, 0.05) is 38.0 Å². The lowest BCUT2D eigenvalue weighted by atomic mass is 9.93. The fourth-order valence-corrected chi connectivity index (χ4v) is 3.28. The molecule has 0 spiro atoms. The Hall–Kier alpha value is -3.23. The standard InChI is InChI=1S/C19H17F2N5O2/c20-13-1-2-14(15(21)10-13)19(27)26-7-3-12(4-8-26)9-17-24-18(25-28-17)16-11-22-5-6-23-16/h1-2,5-6,10-12H,3-4,7-9H2. The number of hydrogen-bond donors (Lipinski definition) is 0. The van der Waals surface area contributed by atoms with E-state index in [1.807, 2.05) is 0 Å². The van der Waals surface area contributed by atoms with Crippen LogP contribution >= 0.6 is 0 Å². The van der Waals surface area contributed by atoms with Gasteiger partial charge in [-0.05, 0) is 30.9 Å². The van der Waals surface area contributed by atoms with Crippen molar-refractivity contribution in [3.8, 4) is 11.5 Å². The molecule has 0 saturated carbocycles. The second-order valence-corrected chi connectivity index (χ2v) is 6.67. The highest BCUT2D eigenvalue weighted by molar-refractivity contribution is 5.94. The van der Waals surface area contributed by atoms with Crippen molar-refractivity contribution in [1.82, 2.24) is 25.0 Å². The summed E-state index contributed by atoms with van der Waals surface area (Å²) in [5.41, 5.74) is 0.435. The van der Waals surface area contributed by atoms with Crippen molar-refractivity contribution in [3.63, 3.8) is 0 Å². The maximum Gasteiger partial charge on any atom is 0.256 e. The molecule has 2 aromatic heterocycles. The number of piperidine rings is 1. The van der Waals surface area contributed by atoms with Gasteiger partial charge < -0.3 is 9.42 Å². The van der Waals surface area contributed by atoms with Crippen molar-refractivity contribution in [1.29, 1.82) is 0 Å². The van der Waals surface area contributed by atoms with Gasteiger partial charge in [-0.15, -0.1) is 0 Å². The maximum absolute atomic E-state index is 13.8. The molecule has 0 bridgehead atoms. The molecule has 3 aromatic rings. The summed E-state index contributed by atoms with van der Waals surface area (Å²) in [7, 11) is 0. The number of rotatable bonds is 4. The topological polar surface area (TPSA) is 85.0 Å². The molecule has 0 radical (unpaired) electrons. The second-order valence-electron chi connectivity index (χ2n) is 6.67. The molecule has 9 heteroatoms. The van der Waals surface area contributed by atoms with Crippen LogP contribution in [0.15, 0.2) is 41.3 Å². The summed E-state index contributed by atoms with van der Waals surface area (Å²) >= 11 is 0. The Morgan fingerprint density at radius 3 is 2.75 bits per heavy atom. The van der Waals surface area contributed by atoms with Crippen LogP contribution in [-0.2, 0) is 6.42 Å². The van der Waals surface area contributed by atoms with E-state index < -0.39 is 17.5 Å². The molecule has 1 fully saturated rings. The quantitative estimate of drug-likeness (QED) is 0.687. The smallest absolute Gasteiger partial charge is 0.256 e. The monoisotopic (exact) mass is 385 g/mol. The SMILES string of the molecule is O=C(c1ccc(F)cc1F)N1CCC(Cc2nc(-c3cnccn3)no2)CC1. The van der Waals surface area contributed by atoms with Gasteiger partial charge in [-0.3, -0.25) is 9.78 Å². The molecule has 1 aliphatic heterocycles. The minimum Gasteiger partial charge on any atom is -0.339 e. The van der Waals surface area contributed by atoms with Gasteiger partial charge in [-0.2, -0.15) is 4.98 Å². The van der Waals surface area contributed by atoms with E-state index in [0.717, 1.165) is 25.0 Å². The summed E-state index contributed by atoms with van der Waals surface area (Å²) in [5.74, 6) is -0.781. The Kier molecular flexibility index (Phi) is 5.05. The molecule has 0 atom stereocenters. The first-order valence-electron chi connectivity index (χ1n) is 8.93.